The predicted molar refractivity (Wildman–Crippen MR) is 60.2 cm³/mol. The monoisotopic (exact) mass is 222 g/mol. The van der Waals surface area contributed by atoms with Crippen LogP contribution in [0.25, 0.3) is 0 Å². The van der Waals surface area contributed by atoms with Crippen LogP contribution in [-0.2, 0) is 9.59 Å². The van der Waals surface area contributed by atoms with E-state index in [1.807, 2.05) is 18.2 Å². The zero-order valence-electron chi connectivity index (χ0n) is 8.93. The van der Waals surface area contributed by atoms with Gasteiger partial charge in [0.2, 0.25) is 5.91 Å². The molecule has 5 nitrogen and oxygen atoms in total. The number of hydrogen-bond acceptors (Lipinski definition) is 3. The highest BCUT2D eigenvalue weighted by atomic mass is 16.4. The zero-order valence-corrected chi connectivity index (χ0v) is 8.93. The summed E-state index contributed by atoms with van der Waals surface area (Å²) in [5, 5.41) is 13.8. The average Bonchev–Trinajstić information content (AvgIpc) is 2.27. The summed E-state index contributed by atoms with van der Waals surface area (Å²) in [6.07, 6.45) is 0. The molecule has 0 heterocycles. The number of rotatable bonds is 5. The van der Waals surface area contributed by atoms with Crippen molar-refractivity contribution >= 4 is 17.6 Å². The summed E-state index contributed by atoms with van der Waals surface area (Å²) in [4.78, 5) is 21.8. The maximum absolute atomic E-state index is 11.4. The van der Waals surface area contributed by atoms with Gasteiger partial charge in [-0.05, 0) is 19.1 Å². The Morgan fingerprint density at radius 1 is 1.31 bits per heavy atom. The first-order chi connectivity index (χ1) is 7.59. The second-order valence-corrected chi connectivity index (χ2v) is 3.36. The van der Waals surface area contributed by atoms with Gasteiger partial charge < -0.3 is 10.4 Å². The van der Waals surface area contributed by atoms with Crippen LogP contribution in [-0.4, -0.2) is 29.6 Å². The summed E-state index contributed by atoms with van der Waals surface area (Å²) in [5.41, 5.74) is 0.692. The lowest BCUT2D eigenvalue weighted by Crippen LogP contribution is -2.39. The second-order valence-electron chi connectivity index (χ2n) is 3.36. The van der Waals surface area contributed by atoms with E-state index in [4.69, 9.17) is 5.11 Å². The van der Waals surface area contributed by atoms with Crippen molar-refractivity contribution in [1.82, 2.24) is 5.32 Å². The number of benzene rings is 1. The fraction of sp³-hybridized carbons (Fsp3) is 0.273. The topological polar surface area (TPSA) is 78.4 Å². The minimum Gasteiger partial charge on any atom is -0.480 e. The number of hydrogen-bond donors (Lipinski definition) is 3. The van der Waals surface area contributed by atoms with Crippen molar-refractivity contribution in [3.8, 4) is 0 Å². The summed E-state index contributed by atoms with van der Waals surface area (Å²) >= 11 is 0. The average molecular weight is 222 g/mol. The summed E-state index contributed by atoms with van der Waals surface area (Å²) in [6.45, 7) is 1.46. The smallest absolute Gasteiger partial charge is 0.320 e. The van der Waals surface area contributed by atoms with Crippen LogP contribution in [0.15, 0.2) is 30.3 Å². The Morgan fingerprint density at radius 3 is 2.50 bits per heavy atom. The van der Waals surface area contributed by atoms with Crippen LogP contribution in [0.3, 0.4) is 0 Å². The van der Waals surface area contributed by atoms with Crippen molar-refractivity contribution in [1.29, 1.82) is 0 Å². The maximum atomic E-state index is 11.4. The highest BCUT2D eigenvalue weighted by Crippen LogP contribution is 2.03. The molecule has 0 aliphatic heterocycles. The van der Waals surface area contributed by atoms with Crippen LogP contribution in [0.1, 0.15) is 6.92 Å². The molecule has 1 amide bonds. The van der Waals surface area contributed by atoms with Crippen molar-refractivity contribution in [2.24, 2.45) is 0 Å². The van der Waals surface area contributed by atoms with E-state index in [0.29, 0.717) is 5.69 Å². The first-order valence-corrected chi connectivity index (χ1v) is 4.90. The van der Waals surface area contributed by atoms with E-state index >= 15 is 0 Å². The first-order valence-electron chi connectivity index (χ1n) is 4.90. The van der Waals surface area contributed by atoms with Crippen LogP contribution < -0.4 is 10.6 Å². The van der Waals surface area contributed by atoms with Gasteiger partial charge in [0, 0.05) is 5.69 Å². The summed E-state index contributed by atoms with van der Waals surface area (Å²) < 4.78 is 0. The molecule has 0 aromatic heterocycles. The standard InChI is InChI=1S/C11H14N2O3/c1-8(11(15)16)12-7-10(14)13-9-5-3-2-4-6-9/h2-6,8,12H,7H2,1H3,(H,13,14)(H,15,16). The Hall–Kier alpha value is -1.88. The van der Waals surface area contributed by atoms with E-state index in [0.717, 1.165) is 0 Å². The maximum Gasteiger partial charge on any atom is 0.320 e. The van der Waals surface area contributed by atoms with Gasteiger partial charge in [-0.25, -0.2) is 0 Å². The van der Waals surface area contributed by atoms with Crippen LogP contribution in [0.5, 0.6) is 0 Å². The molecule has 1 atom stereocenters. The number of aliphatic carboxylic acids is 1. The Kier molecular flexibility index (Phi) is 4.47. The van der Waals surface area contributed by atoms with E-state index in [1.165, 1.54) is 6.92 Å². The molecule has 1 unspecified atom stereocenters. The lowest BCUT2D eigenvalue weighted by molar-refractivity contribution is -0.139. The molecule has 0 radical (unpaired) electrons. The van der Waals surface area contributed by atoms with Gasteiger partial charge in [0.25, 0.3) is 0 Å². The molecule has 0 spiro atoms. The SMILES string of the molecule is CC(NCC(=O)Nc1ccccc1)C(=O)O. The van der Waals surface area contributed by atoms with Gasteiger partial charge in [-0.2, -0.15) is 0 Å². The van der Waals surface area contributed by atoms with Gasteiger partial charge >= 0.3 is 5.97 Å². The number of carboxylic acids is 1. The lowest BCUT2D eigenvalue weighted by Gasteiger charge is -2.09. The van der Waals surface area contributed by atoms with Crippen LogP contribution in [0, 0.1) is 0 Å². The Morgan fingerprint density at radius 2 is 1.94 bits per heavy atom. The normalized spacial score (nSPS) is 11.8. The summed E-state index contributed by atoms with van der Waals surface area (Å²) in [5.74, 6) is -1.24. The van der Waals surface area contributed by atoms with Crippen LogP contribution >= 0.6 is 0 Å². The number of carboxylic acid groups (broad SMARTS) is 1. The molecule has 1 aromatic rings. The minimum absolute atomic E-state index is 0.0254. The van der Waals surface area contributed by atoms with Crippen molar-refractivity contribution in [3.63, 3.8) is 0 Å². The van der Waals surface area contributed by atoms with E-state index in [2.05, 4.69) is 10.6 Å². The van der Waals surface area contributed by atoms with E-state index in [-0.39, 0.29) is 12.5 Å². The third-order valence-corrected chi connectivity index (χ3v) is 2.00. The molecule has 1 rings (SSSR count). The molecule has 86 valence electrons. The third kappa shape index (κ3) is 4.10. The van der Waals surface area contributed by atoms with Crippen molar-refractivity contribution in [3.05, 3.63) is 30.3 Å². The predicted octanol–water partition coefficient (Wildman–Crippen LogP) is 0.688. The lowest BCUT2D eigenvalue weighted by atomic mass is 10.3. The molecular weight excluding hydrogens is 208 g/mol. The molecular formula is C11H14N2O3. The number of nitrogens with one attached hydrogen (secondary N) is 2. The van der Waals surface area contributed by atoms with Crippen LogP contribution in [0.2, 0.25) is 0 Å². The molecule has 3 N–H and O–H groups in total. The van der Waals surface area contributed by atoms with Gasteiger partial charge in [0.15, 0.2) is 0 Å². The van der Waals surface area contributed by atoms with Gasteiger partial charge in [0.1, 0.15) is 6.04 Å². The van der Waals surface area contributed by atoms with Gasteiger partial charge in [-0.3, -0.25) is 14.9 Å². The van der Waals surface area contributed by atoms with E-state index < -0.39 is 12.0 Å². The van der Waals surface area contributed by atoms with E-state index in [1.54, 1.807) is 12.1 Å². The molecule has 0 saturated carbocycles. The van der Waals surface area contributed by atoms with Gasteiger partial charge in [0.05, 0.1) is 6.54 Å². The molecule has 1 aromatic carbocycles. The van der Waals surface area contributed by atoms with Gasteiger partial charge in [-0.15, -0.1) is 0 Å². The van der Waals surface area contributed by atoms with Crippen molar-refractivity contribution in [2.75, 3.05) is 11.9 Å². The van der Waals surface area contributed by atoms with Gasteiger partial charge in [-0.1, -0.05) is 18.2 Å². The number of anilines is 1. The number of carbonyl (C=O) groups excluding carboxylic acids is 1. The van der Waals surface area contributed by atoms with E-state index in [9.17, 15) is 9.59 Å². The minimum atomic E-state index is -0.979. The first kappa shape index (κ1) is 12.2. The molecule has 16 heavy (non-hydrogen) atoms. The molecule has 0 aliphatic carbocycles. The molecule has 0 saturated heterocycles. The number of para-hydroxylation sites is 1. The Labute approximate surface area is 93.5 Å². The number of carbonyl (C=O) groups is 2. The molecule has 0 bridgehead atoms. The Balaban J connectivity index is 2.35. The summed E-state index contributed by atoms with van der Waals surface area (Å²) in [7, 11) is 0. The van der Waals surface area contributed by atoms with Crippen molar-refractivity contribution < 1.29 is 14.7 Å². The fourth-order valence-electron chi connectivity index (χ4n) is 1.06. The Bertz CT molecular complexity index is 365. The quantitative estimate of drug-likeness (QED) is 0.684. The summed E-state index contributed by atoms with van der Waals surface area (Å²) in [6, 6.07) is 8.25. The zero-order chi connectivity index (χ0) is 12.0. The molecule has 0 aliphatic rings. The number of amides is 1. The highest BCUT2D eigenvalue weighted by Gasteiger charge is 2.11. The molecule has 5 heteroatoms. The highest BCUT2D eigenvalue weighted by molar-refractivity contribution is 5.92. The van der Waals surface area contributed by atoms with Crippen LogP contribution in [0.4, 0.5) is 5.69 Å². The fourth-order valence-corrected chi connectivity index (χ4v) is 1.06. The molecule has 0 fully saturated rings. The second kappa shape index (κ2) is 5.87. The van der Waals surface area contributed by atoms with Crippen molar-refractivity contribution in [2.45, 2.75) is 13.0 Å². The largest absolute Gasteiger partial charge is 0.480 e. The third-order valence-electron chi connectivity index (χ3n) is 2.00.